The fraction of sp³-hybridized carbons (Fsp3) is 0.333. The summed E-state index contributed by atoms with van der Waals surface area (Å²) in [6.45, 7) is 0.924. The summed E-state index contributed by atoms with van der Waals surface area (Å²) in [4.78, 5) is 8.19. The maximum Gasteiger partial charge on any atom is 0.155 e. The van der Waals surface area contributed by atoms with Gasteiger partial charge in [0.1, 0.15) is 5.15 Å². The van der Waals surface area contributed by atoms with Gasteiger partial charge < -0.3 is 5.32 Å². The summed E-state index contributed by atoms with van der Waals surface area (Å²) >= 11 is 5.81. The molecular weight excluding hydrogens is 200 g/mol. The fourth-order valence-electron chi connectivity index (χ4n) is 1.35. The average molecular weight is 211 g/mol. The SMILES string of the molecule is CNCCc1cnc2cnc(Cl)cn12. The van der Waals surface area contributed by atoms with Crippen molar-refractivity contribution in [3.8, 4) is 0 Å². The van der Waals surface area contributed by atoms with Crippen molar-refractivity contribution < 1.29 is 0 Å². The molecule has 0 unspecified atom stereocenters. The Morgan fingerprint density at radius 1 is 1.43 bits per heavy atom. The number of nitrogens with zero attached hydrogens (tertiary/aromatic N) is 3. The van der Waals surface area contributed by atoms with Gasteiger partial charge in [-0.3, -0.25) is 4.40 Å². The van der Waals surface area contributed by atoms with E-state index in [1.165, 1.54) is 0 Å². The third kappa shape index (κ3) is 1.71. The predicted molar refractivity (Wildman–Crippen MR) is 55.6 cm³/mol. The summed E-state index contributed by atoms with van der Waals surface area (Å²) in [5.41, 5.74) is 1.97. The molecule has 0 bridgehead atoms. The molecule has 2 heterocycles. The first-order valence-electron chi connectivity index (χ1n) is 4.43. The zero-order chi connectivity index (χ0) is 9.97. The van der Waals surface area contributed by atoms with Crippen molar-refractivity contribution >= 4 is 17.2 Å². The van der Waals surface area contributed by atoms with Crippen LogP contribution in [-0.2, 0) is 6.42 Å². The first kappa shape index (κ1) is 9.43. The van der Waals surface area contributed by atoms with E-state index < -0.39 is 0 Å². The van der Waals surface area contributed by atoms with Gasteiger partial charge in [-0.1, -0.05) is 11.6 Å². The molecule has 0 saturated heterocycles. The van der Waals surface area contributed by atoms with E-state index in [-0.39, 0.29) is 0 Å². The van der Waals surface area contributed by atoms with E-state index in [0.29, 0.717) is 5.15 Å². The molecule has 2 aromatic rings. The second kappa shape index (κ2) is 3.94. The molecule has 4 nitrogen and oxygen atoms in total. The van der Waals surface area contributed by atoms with Gasteiger partial charge >= 0.3 is 0 Å². The van der Waals surface area contributed by atoms with E-state index in [2.05, 4.69) is 15.3 Å². The molecule has 2 rings (SSSR count). The zero-order valence-corrected chi connectivity index (χ0v) is 8.62. The van der Waals surface area contributed by atoms with E-state index in [0.717, 1.165) is 24.3 Å². The summed E-state index contributed by atoms with van der Waals surface area (Å²) in [5, 5.41) is 3.58. The Morgan fingerprint density at radius 2 is 2.29 bits per heavy atom. The molecule has 0 saturated carbocycles. The largest absolute Gasteiger partial charge is 0.319 e. The second-order valence-corrected chi connectivity index (χ2v) is 3.43. The van der Waals surface area contributed by atoms with Crippen LogP contribution in [0.1, 0.15) is 5.69 Å². The van der Waals surface area contributed by atoms with Crippen molar-refractivity contribution in [3.63, 3.8) is 0 Å². The van der Waals surface area contributed by atoms with Crippen LogP contribution < -0.4 is 5.32 Å². The van der Waals surface area contributed by atoms with Crippen LogP contribution in [0.25, 0.3) is 5.65 Å². The minimum atomic E-state index is 0.487. The van der Waals surface area contributed by atoms with Crippen molar-refractivity contribution in [1.82, 2.24) is 19.7 Å². The molecule has 14 heavy (non-hydrogen) atoms. The van der Waals surface area contributed by atoms with Crippen molar-refractivity contribution in [2.24, 2.45) is 0 Å². The van der Waals surface area contributed by atoms with Gasteiger partial charge in [0.15, 0.2) is 5.65 Å². The maximum absolute atomic E-state index is 5.81. The van der Waals surface area contributed by atoms with Gasteiger partial charge in [-0.2, -0.15) is 0 Å². The van der Waals surface area contributed by atoms with E-state index in [9.17, 15) is 0 Å². The highest BCUT2D eigenvalue weighted by atomic mass is 35.5. The molecule has 0 atom stereocenters. The molecule has 74 valence electrons. The normalized spacial score (nSPS) is 11.0. The van der Waals surface area contributed by atoms with Gasteiger partial charge in [0.25, 0.3) is 0 Å². The van der Waals surface area contributed by atoms with Gasteiger partial charge in [0, 0.05) is 31.1 Å². The van der Waals surface area contributed by atoms with Crippen molar-refractivity contribution in [2.75, 3.05) is 13.6 Å². The summed E-state index contributed by atoms with van der Waals surface area (Å²) in [6, 6.07) is 0. The minimum Gasteiger partial charge on any atom is -0.319 e. The van der Waals surface area contributed by atoms with Crippen molar-refractivity contribution in [1.29, 1.82) is 0 Å². The molecule has 5 heteroatoms. The highest BCUT2D eigenvalue weighted by molar-refractivity contribution is 6.29. The second-order valence-electron chi connectivity index (χ2n) is 3.04. The number of nitrogens with one attached hydrogen (secondary N) is 1. The first-order chi connectivity index (χ1) is 6.81. The summed E-state index contributed by atoms with van der Waals surface area (Å²) in [6.07, 6.45) is 6.24. The molecule has 0 amide bonds. The third-order valence-corrected chi connectivity index (χ3v) is 2.27. The highest BCUT2D eigenvalue weighted by Crippen LogP contribution is 2.09. The van der Waals surface area contributed by atoms with E-state index in [1.807, 2.05) is 17.6 Å². The lowest BCUT2D eigenvalue weighted by molar-refractivity contribution is 0.770. The van der Waals surface area contributed by atoms with Gasteiger partial charge in [-0.15, -0.1) is 0 Å². The number of halogens is 1. The van der Waals surface area contributed by atoms with E-state index in [1.54, 1.807) is 12.4 Å². The lowest BCUT2D eigenvalue weighted by Gasteiger charge is -2.00. The molecular formula is C9H11ClN4. The van der Waals surface area contributed by atoms with Crippen LogP contribution in [0.15, 0.2) is 18.6 Å². The number of rotatable bonds is 3. The summed E-state index contributed by atoms with van der Waals surface area (Å²) in [7, 11) is 1.93. The quantitative estimate of drug-likeness (QED) is 0.827. The van der Waals surface area contributed by atoms with Crippen LogP contribution in [0.2, 0.25) is 5.15 Å². The number of imidazole rings is 1. The van der Waals surface area contributed by atoms with Crippen LogP contribution in [-0.4, -0.2) is 28.0 Å². The standard InChI is InChI=1S/C9H11ClN4/c1-11-3-2-7-4-13-9-5-12-8(10)6-14(7)9/h4-6,11H,2-3H2,1H3. The Morgan fingerprint density at radius 3 is 3.07 bits per heavy atom. The number of aromatic nitrogens is 3. The zero-order valence-electron chi connectivity index (χ0n) is 7.87. The van der Waals surface area contributed by atoms with Gasteiger partial charge in [0.2, 0.25) is 0 Å². The molecule has 0 spiro atoms. The van der Waals surface area contributed by atoms with Crippen LogP contribution in [0.4, 0.5) is 0 Å². The maximum atomic E-state index is 5.81. The van der Waals surface area contributed by atoms with Crippen LogP contribution in [0.3, 0.4) is 0 Å². The predicted octanol–water partition coefficient (Wildman–Crippen LogP) is 1.14. The number of hydrogen-bond acceptors (Lipinski definition) is 3. The molecule has 1 N–H and O–H groups in total. The number of hydrogen-bond donors (Lipinski definition) is 1. The average Bonchev–Trinajstić information content (AvgIpc) is 2.57. The first-order valence-corrected chi connectivity index (χ1v) is 4.81. The number of likely N-dealkylation sites (N-methyl/N-ethyl adjacent to an activating group) is 1. The smallest absolute Gasteiger partial charge is 0.155 e. The molecule has 0 fully saturated rings. The molecule has 0 radical (unpaired) electrons. The van der Waals surface area contributed by atoms with Crippen molar-refractivity contribution in [2.45, 2.75) is 6.42 Å². The molecule has 2 aromatic heterocycles. The molecule has 0 aromatic carbocycles. The van der Waals surface area contributed by atoms with Crippen LogP contribution >= 0.6 is 11.6 Å². The monoisotopic (exact) mass is 210 g/mol. The van der Waals surface area contributed by atoms with Crippen LogP contribution in [0.5, 0.6) is 0 Å². The Hall–Kier alpha value is -1.13. The van der Waals surface area contributed by atoms with Gasteiger partial charge in [0.05, 0.1) is 6.20 Å². The lowest BCUT2D eigenvalue weighted by atomic mass is 10.3. The highest BCUT2D eigenvalue weighted by Gasteiger charge is 2.03. The van der Waals surface area contributed by atoms with Gasteiger partial charge in [-0.05, 0) is 7.05 Å². The van der Waals surface area contributed by atoms with Crippen molar-refractivity contribution in [3.05, 3.63) is 29.4 Å². The minimum absolute atomic E-state index is 0.487. The summed E-state index contributed by atoms with van der Waals surface area (Å²) < 4.78 is 1.96. The molecule has 0 aliphatic carbocycles. The lowest BCUT2D eigenvalue weighted by Crippen LogP contribution is -2.11. The fourth-order valence-corrected chi connectivity index (χ4v) is 1.50. The van der Waals surface area contributed by atoms with E-state index >= 15 is 0 Å². The Bertz CT molecular complexity index is 437. The Balaban J connectivity index is 2.40. The van der Waals surface area contributed by atoms with Crippen LogP contribution in [0, 0.1) is 0 Å². The third-order valence-electron chi connectivity index (χ3n) is 2.07. The molecule has 0 aliphatic rings. The van der Waals surface area contributed by atoms with E-state index in [4.69, 9.17) is 11.6 Å². The Kier molecular flexibility index (Phi) is 2.65. The Labute approximate surface area is 86.9 Å². The number of fused-ring (bicyclic) bond motifs is 1. The summed E-state index contributed by atoms with van der Waals surface area (Å²) in [5.74, 6) is 0. The van der Waals surface area contributed by atoms with Gasteiger partial charge in [-0.25, -0.2) is 9.97 Å². The topological polar surface area (TPSA) is 42.2 Å². The molecule has 0 aliphatic heterocycles.